The predicted molar refractivity (Wildman–Crippen MR) is 115 cm³/mol. The maximum Gasteiger partial charge on any atom is 0.242 e. The molecule has 0 saturated carbocycles. The van der Waals surface area contributed by atoms with Gasteiger partial charge in [0.2, 0.25) is 21.1 Å². The average molecular weight is 447 g/mol. The van der Waals surface area contributed by atoms with E-state index in [0.717, 1.165) is 21.1 Å². The van der Waals surface area contributed by atoms with Crippen molar-refractivity contribution in [1.82, 2.24) is 24.5 Å². The fraction of sp³-hybridized carbons (Fsp3) is 0.263. The minimum atomic E-state index is -3.58. The van der Waals surface area contributed by atoms with Crippen molar-refractivity contribution in [2.24, 2.45) is 0 Å². The van der Waals surface area contributed by atoms with Gasteiger partial charge in [-0.05, 0) is 54.1 Å². The predicted octanol–water partition coefficient (Wildman–Crippen LogP) is 2.26. The van der Waals surface area contributed by atoms with Gasteiger partial charge in [-0.15, -0.1) is 5.10 Å². The molecule has 0 aliphatic heterocycles. The topological polar surface area (TPSA) is 110 Å². The third-order valence-corrected chi connectivity index (χ3v) is 6.98. The second-order valence-corrected chi connectivity index (χ2v) is 9.91. The van der Waals surface area contributed by atoms with Crippen molar-refractivity contribution in [1.29, 1.82) is 0 Å². The van der Waals surface area contributed by atoms with Gasteiger partial charge in [-0.25, -0.2) is 12.7 Å². The second-order valence-electron chi connectivity index (χ2n) is 6.82. The van der Waals surface area contributed by atoms with Crippen molar-refractivity contribution in [3.8, 4) is 5.69 Å². The van der Waals surface area contributed by atoms with Crippen LogP contribution in [0.15, 0.2) is 52.5 Å². The molecule has 0 unspecified atom stereocenters. The van der Waals surface area contributed by atoms with Crippen molar-refractivity contribution in [2.75, 3.05) is 25.2 Å². The van der Waals surface area contributed by atoms with Gasteiger partial charge in [0.1, 0.15) is 0 Å². The van der Waals surface area contributed by atoms with Crippen molar-refractivity contribution in [3.63, 3.8) is 0 Å². The van der Waals surface area contributed by atoms with E-state index >= 15 is 0 Å². The van der Waals surface area contributed by atoms with E-state index in [9.17, 15) is 13.2 Å². The first kappa shape index (κ1) is 21.9. The standard InChI is InChI=1S/C19H22N6O3S2/c1-13-8-9-17(14(2)10-13)25-19(21-22-23-25)29-12-18(26)20-15-6-5-7-16(11-15)30(27,28)24(3)4/h5-11H,12H2,1-4H3,(H,20,26). The lowest BCUT2D eigenvalue weighted by atomic mass is 10.1. The Labute approximate surface area is 179 Å². The largest absolute Gasteiger partial charge is 0.325 e. The monoisotopic (exact) mass is 446 g/mol. The van der Waals surface area contributed by atoms with E-state index in [4.69, 9.17) is 0 Å². The molecule has 9 nitrogen and oxygen atoms in total. The lowest BCUT2D eigenvalue weighted by Gasteiger charge is -2.12. The van der Waals surface area contributed by atoms with Crippen LogP contribution in [0.1, 0.15) is 11.1 Å². The van der Waals surface area contributed by atoms with Gasteiger partial charge in [0, 0.05) is 19.8 Å². The number of benzene rings is 2. The van der Waals surface area contributed by atoms with E-state index < -0.39 is 10.0 Å². The van der Waals surface area contributed by atoms with Gasteiger partial charge < -0.3 is 5.32 Å². The quantitative estimate of drug-likeness (QED) is 0.554. The molecule has 0 fully saturated rings. The van der Waals surface area contributed by atoms with Crippen LogP contribution in [0.4, 0.5) is 5.69 Å². The summed E-state index contributed by atoms with van der Waals surface area (Å²) in [6.07, 6.45) is 0. The molecule has 2 aromatic carbocycles. The van der Waals surface area contributed by atoms with Crippen LogP contribution >= 0.6 is 11.8 Å². The number of anilines is 1. The molecule has 0 aliphatic rings. The molecular weight excluding hydrogens is 424 g/mol. The van der Waals surface area contributed by atoms with E-state index in [1.807, 2.05) is 32.0 Å². The molecule has 1 heterocycles. The van der Waals surface area contributed by atoms with Gasteiger partial charge >= 0.3 is 0 Å². The smallest absolute Gasteiger partial charge is 0.242 e. The first-order valence-corrected chi connectivity index (χ1v) is 11.4. The van der Waals surface area contributed by atoms with E-state index in [1.54, 1.807) is 16.8 Å². The number of sulfonamides is 1. The number of hydrogen-bond donors (Lipinski definition) is 1. The third kappa shape index (κ3) is 4.86. The zero-order valence-corrected chi connectivity index (χ0v) is 18.7. The number of hydrogen-bond acceptors (Lipinski definition) is 7. The summed E-state index contributed by atoms with van der Waals surface area (Å²) in [4.78, 5) is 12.5. The zero-order chi connectivity index (χ0) is 21.9. The lowest BCUT2D eigenvalue weighted by Crippen LogP contribution is -2.22. The molecule has 0 spiro atoms. The molecule has 1 amide bonds. The van der Waals surface area contributed by atoms with Gasteiger partial charge in [-0.2, -0.15) is 4.68 Å². The number of carbonyl (C=O) groups excluding carboxylic acids is 1. The van der Waals surface area contributed by atoms with Gasteiger partial charge in [0.15, 0.2) is 0 Å². The summed E-state index contributed by atoms with van der Waals surface area (Å²) in [7, 11) is -0.668. The summed E-state index contributed by atoms with van der Waals surface area (Å²) < 4.78 is 27.2. The SMILES string of the molecule is Cc1ccc(-n2nnnc2SCC(=O)Nc2cccc(S(=O)(=O)N(C)C)c2)c(C)c1. The minimum Gasteiger partial charge on any atom is -0.325 e. The second kappa shape index (κ2) is 8.94. The summed E-state index contributed by atoms with van der Waals surface area (Å²) in [5.41, 5.74) is 3.40. The van der Waals surface area contributed by atoms with Gasteiger partial charge in [-0.1, -0.05) is 35.5 Å². The highest BCUT2D eigenvalue weighted by Gasteiger charge is 2.18. The highest BCUT2D eigenvalue weighted by molar-refractivity contribution is 7.99. The van der Waals surface area contributed by atoms with E-state index in [2.05, 4.69) is 20.8 Å². The van der Waals surface area contributed by atoms with Crippen LogP contribution in [0.5, 0.6) is 0 Å². The minimum absolute atomic E-state index is 0.0654. The fourth-order valence-electron chi connectivity index (χ4n) is 2.74. The molecule has 3 rings (SSSR count). The van der Waals surface area contributed by atoms with Crippen molar-refractivity contribution in [3.05, 3.63) is 53.6 Å². The maximum atomic E-state index is 12.4. The lowest BCUT2D eigenvalue weighted by molar-refractivity contribution is -0.113. The summed E-state index contributed by atoms with van der Waals surface area (Å²) in [6.45, 7) is 3.98. The summed E-state index contributed by atoms with van der Waals surface area (Å²) in [5, 5.41) is 14.9. The molecule has 0 radical (unpaired) electrons. The molecule has 1 aromatic heterocycles. The zero-order valence-electron chi connectivity index (χ0n) is 17.0. The Balaban J connectivity index is 1.69. The number of aromatic nitrogens is 4. The number of thioether (sulfide) groups is 1. The summed E-state index contributed by atoms with van der Waals surface area (Å²) in [6, 6.07) is 12.1. The molecule has 30 heavy (non-hydrogen) atoms. The van der Waals surface area contributed by atoms with Crippen LogP contribution in [0.25, 0.3) is 5.69 Å². The van der Waals surface area contributed by atoms with Crippen molar-refractivity contribution >= 4 is 33.4 Å². The van der Waals surface area contributed by atoms with Crippen LogP contribution < -0.4 is 5.32 Å². The van der Waals surface area contributed by atoms with Crippen molar-refractivity contribution < 1.29 is 13.2 Å². The Hall–Kier alpha value is -2.76. The normalized spacial score (nSPS) is 11.6. The molecule has 0 bridgehead atoms. The molecule has 11 heteroatoms. The van der Waals surface area contributed by atoms with Crippen LogP contribution in [-0.4, -0.2) is 58.7 Å². The first-order valence-electron chi connectivity index (χ1n) is 9.00. The van der Waals surface area contributed by atoms with E-state index in [-0.39, 0.29) is 16.6 Å². The first-order chi connectivity index (χ1) is 14.2. The van der Waals surface area contributed by atoms with Crippen molar-refractivity contribution in [2.45, 2.75) is 23.9 Å². The van der Waals surface area contributed by atoms with Crippen LogP contribution in [0.2, 0.25) is 0 Å². The number of nitrogens with zero attached hydrogens (tertiary/aromatic N) is 5. The Bertz CT molecular complexity index is 1170. The Morgan fingerprint density at radius 1 is 1.17 bits per heavy atom. The fourth-order valence-corrected chi connectivity index (χ4v) is 4.37. The van der Waals surface area contributed by atoms with Crippen LogP contribution in [0, 0.1) is 13.8 Å². The molecule has 0 aliphatic carbocycles. The Morgan fingerprint density at radius 3 is 2.63 bits per heavy atom. The maximum absolute atomic E-state index is 12.4. The molecule has 0 atom stereocenters. The van der Waals surface area contributed by atoms with Gasteiger partial charge in [-0.3, -0.25) is 4.79 Å². The van der Waals surface area contributed by atoms with Crippen LogP contribution in [-0.2, 0) is 14.8 Å². The average Bonchev–Trinajstić information content (AvgIpc) is 3.14. The van der Waals surface area contributed by atoms with Crippen LogP contribution in [0.3, 0.4) is 0 Å². The van der Waals surface area contributed by atoms with Gasteiger partial charge in [0.25, 0.3) is 0 Å². The molecule has 3 aromatic rings. The molecule has 0 saturated heterocycles. The third-order valence-electron chi connectivity index (χ3n) is 4.25. The molecule has 158 valence electrons. The number of amides is 1. The number of tetrazole rings is 1. The summed E-state index contributed by atoms with van der Waals surface area (Å²) in [5.74, 6) is -0.231. The Morgan fingerprint density at radius 2 is 1.93 bits per heavy atom. The highest BCUT2D eigenvalue weighted by atomic mass is 32.2. The number of nitrogens with one attached hydrogen (secondary N) is 1. The number of aryl methyl sites for hydroxylation is 2. The van der Waals surface area contributed by atoms with E-state index in [0.29, 0.717) is 10.8 Å². The number of rotatable bonds is 7. The van der Waals surface area contributed by atoms with E-state index in [1.165, 1.54) is 38.0 Å². The Kier molecular flexibility index (Phi) is 6.54. The summed E-state index contributed by atoms with van der Waals surface area (Å²) >= 11 is 1.19. The number of carbonyl (C=O) groups is 1. The van der Waals surface area contributed by atoms with Gasteiger partial charge in [0.05, 0.1) is 16.3 Å². The molecular formula is C19H22N6O3S2. The highest BCUT2D eigenvalue weighted by Crippen LogP contribution is 2.22. The molecule has 1 N–H and O–H groups in total.